The first kappa shape index (κ1) is 20.8. The number of carbonyl (C=O) groups excluding carboxylic acids is 1. The molecule has 0 aliphatic carbocycles. The number of fused-ring (bicyclic) bond motifs is 1. The van der Waals surface area contributed by atoms with Crippen LogP contribution in [0.2, 0.25) is 0 Å². The summed E-state index contributed by atoms with van der Waals surface area (Å²) >= 11 is 0. The van der Waals surface area contributed by atoms with Gasteiger partial charge in [0.15, 0.2) is 11.8 Å². The standard InChI is InChI=1S/C21H31N7O/c1-14(2)19-26-18-9-8-17(13-28(18)27-19)25-21(23-4)24-11-10-15-6-5-7-16(12-15)20(29)22-3/h5-7,12,14,17H,8-11,13H2,1-4H3,(H,22,29)(H2,23,24,25). The van der Waals surface area contributed by atoms with Crippen molar-refractivity contribution in [1.29, 1.82) is 0 Å². The second kappa shape index (κ2) is 9.54. The number of rotatable bonds is 6. The maximum Gasteiger partial charge on any atom is 0.251 e. The predicted molar refractivity (Wildman–Crippen MR) is 114 cm³/mol. The van der Waals surface area contributed by atoms with Crippen LogP contribution in [0.15, 0.2) is 29.3 Å². The van der Waals surface area contributed by atoms with Gasteiger partial charge < -0.3 is 16.0 Å². The molecule has 2 heterocycles. The van der Waals surface area contributed by atoms with E-state index in [4.69, 9.17) is 0 Å². The molecular weight excluding hydrogens is 366 g/mol. The van der Waals surface area contributed by atoms with Gasteiger partial charge in [-0.15, -0.1) is 0 Å². The minimum absolute atomic E-state index is 0.0670. The maximum atomic E-state index is 11.8. The van der Waals surface area contributed by atoms with Gasteiger partial charge in [-0.1, -0.05) is 26.0 Å². The maximum absolute atomic E-state index is 11.8. The third kappa shape index (κ3) is 5.34. The molecule has 1 aliphatic rings. The summed E-state index contributed by atoms with van der Waals surface area (Å²) < 4.78 is 2.02. The Morgan fingerprint density at radius 1 is 1.38 bits per heavy atom. The Morgan fingerprint density at radius 3 is 2.93 bits per heavy atom. The molecule has 0 saturated carbocycles. The monoisotopic (exact) mass is 397 g/mol. The molecule has 8 heteroatoms. The molecule has 0 saturated heterocycles. The van der Waals surface area contributed by atoms with Gasteiger partial charge in [0.05, 0.1) is 6.54 Å². The average molecular weight is 398 g/mol. The Morgan fingerprint density at radius 2 is 2.21 bits per heavy atom. The van der Waals surface area contributed by atoms with Crippen LogP contribution in [0.4, 0.5) is 0 Å². The van der Waals surface area contributed by atoms with Gasteiger partial charge in [-0.25, -0.2) is 9.67 Å². The molecule has 1 atom stereocenters. The van der Waals surface area contributed by atoms with Gasteiger partial charge >= 0.3 is 0 Å². The highest BCUT2D eigenvalue weighted by atomic mass is 16.1. The molecule has 8 nitrogen and oxygen atoms in total. The lowest BCUT2D eigenvalue weighted by atomic mass is 10.1. The molecule has 1 aromatic carbocycles. The van der Waals surface area contributed by atoms with Crippen LogP contribution >= 0.6 is 0 Å². The number of nitrogens with zero attached hydrogens (tertiary/aromatic N) is 4. The molecule has 0 bridgehead atoms. The summed E-state index contributed by atoms with van der Waals surface area (Å²) in [5, 5.41) is 14.2. The molecule has 1 unspecified atom stereocenters. The van der Waals surface area contributed by atoms with Crippen molar-refractivity contribution in [2.75, 3.05) is 20.6 Å². The fraction of sp³-hybridized carbons (Fsp3) is 0.524. The Bertz CT molecular complexity index is 872. The summed E-state index contributed by atoms with van der Waals surface area (Å²) in [7, 11) is 3.42. The number of amides is 1. The average Bonchev–Trinajstić information content (AvgIpc) is 3.16. The lowest BCUT2D eigenvalue weighted by Gasteiger charge is -2.25. The van der Waals surface area contributed by atoms with Gasteiger partial charge in [-0.2, -0.15) is 5.10 Å². The summed E-state index contributed by atoms with van der Waals surface area (Å²) in [6.07, 6.45) is 2.73. The molecule has 0 radical (unpaired) electrons. The largest absolute Gasteiger partial charge is 0.356 e. The van der Waals surface area contributed by atoms with Crippen LogP contribution in [-0.2, 0) is 19.4 Å². The molecule has 156 valence electrons. The predicted octanol–water partition coefficient (Wildman–Crippen LogP) is 1.48. The van der Waals surface area contributed by atoms with E-state index >= 15 is 0 Å². The van der Waals surface area contributed by atoms with E-state index in [0.717, 1.165) is 55.5 Å². The van der Waals surface area contributed by atoms with Crippen LogP contribution in [-0.4, -0.2) is 53.3 Å². The van der Waals surface area contributed by atoms with Crippen molar-refractivity contribution in [3.63, 3.8) is 0 Å². The zero-order chi connectivity index (χ0) is 20.8. The molecule has 3 rings (SSSR count). The van der Waals surface area contributed by atoms with E-state index in [1.165, 1.54) is 0 Å². The number of hydrogen-bond acceptors (Lipinski definition) is 4. The summed E-state index contributed by atoms with van der Waals surface area (Å²) in [6, 6.07) is 7.96. The number of guanidine groups is 1. The smallest absolute Gasteiger partial charge is 0.251 e. The van der Waals surface area contributed by atoms with Crippen LogP contribution in [0.25, 0.3) is 0 Å². The van der Waals surface area contributed by atoms with Crippen LogP contribution in [0.3, 0.4) is 0 Å². The fourth-order valence-corrected chi connectivity index (χ4v) is 3.42. The van der Waals surface area contributed by atoms with Gasteiger partial charge in [0.1, 0.15) is 5.82 Å². The summed E-state index contributed by atoms with van der Waals surface area (Å²) in [4.78, 5) is 20.8. The van der Waals surface area contributed by atoms with E-state index in [9.17, 15) is 4.79 Å². The number of nitrogens with one attached hydrogen (secondary N) is 3. The highest BCUT2D eigenvalue weighted by Crippen LogP contribution is 2.17. The molecule has 3 N–H and O–H groups in total. The summed E-state index contributed by atoms with van der Waals surface area (Å²) in [6.45, 7) is 5.76. The molecule has 0 fully saturated rings. The highest BCUT2D eigenvalue weighted by molar-refractivity contribution is 5.94. The van der Waals surface area contributed by atoms with E-state index in [0.29, 0.717) is 11.5 Å². The second-order valence-electron chi connectivity index (χ2n) is 7.63. The number of aromatic nitrogens is 3. The number of carbonyl (C=O) groups is 1. The first-order chi connectivity index (χ1) is 14.0. The number of hydrogen-bond donors (Lipinski definition) is 3. The van der Waals surface area contributed by atoms with Crippen molar-refractivity contribution >= 4 is 11.9 Å². The third-order valence-electron chi connectivity index (χ3n) is 5.08. The second-order valence-corrected chi connectivity index (χ2v) is 7.63. The molecule has 1 amide bonds. The zero-order valence-electron chi connectivity index (χ0n) is 17.7. The normalized spacial score (nSPS) is 16.4. The lowest BCUT2D eigenvalue weighted by Crippen LogP contribution is -2.47. The van der Waals surface area contributed by atoms with Crippen molar-refractivity contribution < 1.29 is 4.79 Å². The summed E-state index contributed by atoms with van der Waals surface area (Å²) in [5.41, 5.74) is 1.79. The highest BCUT2D eigenvalue weighted by Gasteiger charge is 2.23. The van der Waals surface area contributed by atoms with Crippen LogP contribution < -0.4 is 16.0 Å². The van der Waals surface area contributed by atoms with Gasteiger partial charge in [-0.3, -0.25) is 9.79 Å². The molecule has 2 aromatic rings. The third-order valence-corrected chi connectivity index (χ3v) is 5.08. The van der Waals surface area contributed by atoms with E-state index < -0.39 is 0 Å². The first-order valence-electron chi connectivity index (χ1n) is 10.2. The van der Waals surface area contributed by atoms with Crippen molar-refractivity contribution in [2.45, 2.75) is 51.6 Å². The Kier molecular flexibility index (Phi) is 6.85. The molecular formula is C21H31N7O. The summed E-state index contributed by atoms with van der Waals surface area (Å²) in [5.74, 6) is 3.05. The van der Waals surface area contributed by atoms with Crippen molar-refractivity contribution in [1.82, 2.24) is 30.7 Å². The van der Waals surface area contributed by atoms with E-state index in [1.807, 2.05) is 28.9 Å². The minimum atomic E-state index is -0.0670. The fourth-order valence-electron chi connectivity index (χ4n) is 3.42. The van der Waals surface area contributed by atoms with E-state index in [2.05, 4.69) is 44.9 Å². The Balaban J connectivity index is 1.50. The van der Waals surface area contributed by atoms with Crippen molar-refractivity contribution in [2.24, 2.45) is 4.99 Å². The molecule has 1 aromatic heterocycles. The van der Waals surface area contributed by atoms with Gasteiger partial charge in [0, 0.05) is 44.6 Å². The Labute approximate surface area is 172 Å². The van der Waals surface area contributed by atoms with E-state index in [1.54, 1.807) is 14.1 Å². The van der Waals surface area contributed by atoms with Crippen molar-refractivity contribution in [3.05, 3.63) is 47.0 Å². The van der Waals surface area contributed by atoms with Gasteiger partial charge in [0.25, 0.3) is 5.91 Å². The van der Waals surface area contributed by atoms with Gasteiger partial charge in [-0.05, 0) is 30.5 Å². The number of aliphatic imine (C=N–C) groups is 1. The number of benzene rings is 1. The lowest BCUT2D eigenvalue weighted by molar-refractivity contribution is 0.0963. The topological polar surface area (TPSA) is 96.2 Å². The SMILES string of the molecule is CN=C(NCCc1cccc(C(=O)NC)c1)NC1CCc2nc(C(C)C)nn2C1. The van der Waals surface area contributed by atoms with Crippen LogP contribution in [0, 0.1) is 0 Å². The molecule has 29 heavy (non-hydrogen) atoms. The quantitative estimate of drug-likeness (QED) is 0.507. The number of aryl methyl sites for hydroxylation is 1. The molecule has 0 spiro atoms. The van der Waals surface area contributed by atoms with Crippen LogP contribution in [0.1, 0.15) is 53.8 Å². The Hall–Kier alpha value is -2.90. The zero-order valence-corrected chi connectivity index (χ0v) is 17.7. The molecule has 1 aliphatic heterocycles. The van der Waals surface area contributed by atoms with Gasteiger partial charge in [0.2, 0.25) is 0 Å². The van der Waals surface area contributed by atoms with E-state index in [-0.39, 0.29) is 11.9 Å². The van der Waals surface area contributed by atoms with Crippen molar-refractivity contribution in [3.8, 4) is 0 Å². The minimum Gasteiger partial charge on any atom is -0.356 e. The van der Waals surface area contributed by atoms with Crippen LogP contribution in [0.5, 0.6) is 0 Å². The first-order valence-corrected chi connectivity index (χ1v) is 10.2.